The van der Waals surface area contributed by atoms with Crippen LogP contribution in [0.4, 0.5) is 10.2 Å². The molecule has 0 saturated carbocycles. The van der Waals surface area contributed by atoms with Crippen LogP contribution in [0.2, 0.25) is 0 Å². The molecule has 0 atom stereocenters. The summed E-state index contributed by atoms with van der Waals surface area (Å²) < 4.78 is 18.7. The molecule has 126 valence electrons. The summed E-state index contributed by atoms with van der Waals surface area (Å²) >= 11 is 0. The highest BCUT2D eigenvalue weighted by atomic mass is 19.1. The van der Waals surface area contributed by atoms with Crippen molar-refractivity contribution in [2.75, 3.05) is 0 Å². The van der Waals surface area contributed by atoms with Crippen molar-refractivity contribution in [3.63, 3.8) is 0 Å². The summed E-state index contributed by atoms with van der Waals surface area (Å²) in [5, 5.41) is 0. The maximum Gasteiger partial charge on any atom is 0.196 e. The number of benzene rings is 2. The lowest BCUT2D eigenvalue weighted by molar-refractivity contribution is 0.306. The van der Waals surface area contributed by atoms with Crippen LogP contribution in [-0.4, -0.2) is 10.8 Å². The predicted molar refractivity (Wildman–Crippen MR) is 96.4 cm³/mol. The van der Waals surface area contributed by atoms with E-state index >= 15 is 0 Å². The summed E-state index contributed by atoms with van der Waals surface area (Å²) in [7, 11) is 0. The van der Waals surface area contributed by atoms with Crippen molar-refractivity contribution in [2.45, 2.75) is 13.0 Å². The van der Waals surface area contributed by atoms with E-state index in [-0.39, 0.29) is 5.82 Å². The monoisotopic (exact) mass is 335 g/mol. The van der Waals surface area contributed by atoms with Gasteiger partial charge in [-0.3, -0.25) is 0 Å². The molecular formula is C20H18FN3O. The van der Waals surface area contributed by atoms with Gasteiger partial charge in [0.1, 0.15) is 18.3 Å². The normalized spacial score (nSPS) is 11.3. The molecule has 0 aliphatic heterocycles. The van der Waals surface area contributed by atoms with E-state index in [1.165, 1.54) is 12.1 Å². The highest BCUT2D eigenvalue weighted by molar-refractivity contribution is 5.85. The fourth-order valence-electron chi connectivity index (χ4n) is 2.30. The fraction of sp³-hybridized carbons (Fsp3) is 0.100. The van der Waals surface area contributed by atoms with Crippen LogP contribution in [0, 0.1) is 5.82 Å². The molecule has 2 N–H and O–H groups in total. The number of halogens is 1. The molecule has 3 rings (SSSR count). The second-order valence-electron chi connectivity index (χ2n) is 5.51. The third kappa shape index (κ3) is 4.88. The van der Waals surface area contributed by atoms with Gasteiger partial charge in [-0.1, -0.05) is 42.5 Å². The van der Waals surface area contributed by atoms with Gasteiger partial charge >= 0.3 is 0 Å². The average molecular weight is 335 g/mol. The van der Waals surface area contributed by atoms with Crippen molar-refractivity contribution in [1.29, 1.82) is 0 Å². The Labute approximate surface area is 145 Å². The maximum absolute atomic E-state index is 13.0. The van der Waals surface area contributed by atoms with Crippen LogP contribution in [0.25, 0.3) is 0 Å². The number of hydrogen-bond acceptors (Lipinski definition) is 3. The minimum Gasteiger partial charge on any atom is -0.485 e. The summed E-state index contributed by atoms with van der Waals surface area (Å²) in [5.74, 6) is 1.14. The predicted octanol–water partition coefficient (Wildman–Crippen LogP) is 4.03. The third-order valence-corrected chi connectivity index (χ3v) is 3.54. The number of aromatic nitrogens is 1. The zero-order chi connectivity index (χ0) is 17.5. The molecule has 0 amide bonds. The third-order valence-electron chi connectivity index (χ3n) is 3.54. The molecule has 2 aromatic carbocycles. The lowest BCUT2D eigenvalue weighted by Gasteiger charge is -2.09. The van der Waals surface area contributed by atoms with E-state index in [1.807, 2.05) is 30.3 Å². The first kappa shape index (κ1) is 16.6. The highest BCUT2D eigenvalue weighted by Gasteiger charge is 2.06. The SMILES string of the molecule is NC(Cc1ccccc1)=Nc1ncccc1OCc1ccc(F)cc1. The first-order chi connectivity index (χ1) is 12.2. The minimum atomic E-state index is -0.274. The van der Waals surface area contributed by atoms with E-state index in [0.29, 0.717) is 30.4 Å². The minimum absolute atomic E-state index is 0.274. The lowest BCUT2D eigenvalue weighted by atomic mass is 10.1. The number of aliphatic imine (C=N–C) groups is 1. The van der Waals surface area contributed by atoms with Gasteiger partial charge in [0.25, 0.3) is 0 Å². The highest BCUT2D eigenvalue weighted by Crippen LogP contribution is 2.25. The molecule has 0 aliphatic carbocycles. The lowest BCUT2D eigenvalue weighted by Crippen LogP contribution is -2.14. The van der Waals surface area contributed by atoms with Crippen molar-refractivity contribution in [2.24, 2.45) is 10.7 Å². The number of amidine groups is 1. The number of ether oxygens (including phenoxy) is 1. The van der Waals surface area contributed by atoms with Crippen molar-refractivity contribution < 1.29 is 9.13 Å². The Balaban J connectivity index is 1.71. The van der Waals surface area contributed by atoms with Gasteiger partial charge in [0.05, 0.1) is 0 Å². The fourth-order valence-corrected chi connectivity index (χ4v) is 2.30. The number of rotatable bonds is 6. The second kappa shape index (κ2) is 8.06. The van der Waals surface area contributed by atoms with Crippen LogP contribution in [0.3, 0.4) is 0 Å². The van der Waals surface area contributed by atoms with Crippen LogP contribution in [0.1, 0.15) is 11.1 Å². The standard InChI is InChI=1S/C20H18FN3O/c21-17-10-8-16(9-11-17)14-25-18-7-4-12-23-20(18)24-19(22)13-15-5-2-1-3-6-15/h1-12H,13-14H2,(H2,22,23,24). The molecule has 25 heavy (non-hydrogen) atoms. The summed E-state index contributed by atoms with van der Waals surface area (Å²) in [5.41, 5.74) is 7.98. The Bertz CT molecular complexity index is 848. The molecule has 0 saturated heterocycles. The molecule has 5 heteroatoms. The van der Waals surface area contributed by atoms with E-state index in [1.54, 1.807) is 30.5 Å². The van der Waals surface area contributed by atoms with Gasteiger partial charge in [-0.2, -0.15) is 0 Å². The number of hydrogen-bond donors (Lipinski definition) is 1. The summed E-state index contributed by atoms with van der Waals surface area (Å²) in [6, 6.07) is 19.6. The van der Waals surface area contributed by atoms with Crippen LogP contribution < -0.4 is 10.5 Å². The van der Waals surface area contributed by atoms with E-state index in [2.05, 4.69) is 9.98 Å². The molecule has 3 aromatic rings. The number of nitrogens with two attached hydrogens (primary N) is 1. The number of nitrogens with zero attached hydrogens (tertiary/aromatic N) is 2. The molecule has 0 spiro atoms. The first-order valence-corrected chi connectivity index (χ1v) is 7.90. The quantitative estimate of drug-likeness (QED) is 0.546. The zero-order valence-corrected chi connectivity index (χ0v) is 13.6. The van der Waals surface area contributed by atoms with Crippen LogP contribution in [0.5, 0.6) is 5.75 Å². The Morgan fingerprint density at radius 3 is 2.48 bits per heavy atom. The van der Waals surface area contributed by atoms with Gasteiger partial charge in [-0.25, -0.2) is 14.4 Å². The molecule has 0 unspecified atom stereocenters. The van der Waals surface area contributed by atoms with Crippen molar-refractivity contribution in [3.8, 4) is 5.75 Å². The molecule has 0 bridgehead atoms. The Morgan fingerprint density at radius 1 is 0.960 bits per heavy atom. The van der Waals surface area contributed by atoms with Crippen LogP contribution in [0.15, 0.2) is 77.9 Å². The van der Waals surface area contributed by atoms with Gasteiger partial charge in [0.2, 0.25) is 0 Å². The Morgan fingerprint density at radius 2 is 1.72 bits per heavy atom. The number of pyridine rings is 1. The van der Waals surface area contributed by atoms with Gasteiger partial charge in [0, 0.05) is 12.6 Å². The summed E-state index contributed by atoms with van der Waals surface area (Å²) in [4.78, 5) is 8.61. The van der Waals surface area contributed by atoms with Crippen molar-refractivity contribution >= 4 is 11.7 Å². The zero-order valence-electron chi connectivity index (χ0n) is 13.6. The molecular weight excluding hydrogens is 317 g/mol. The van der Waals surface area contributed by atoms with E-state index in [0.717, 1.165) is 11.1 Å². The van der Waals surface area contributed by atoms with E-state index in [4.69, 9.17) is 10.5 Å². The summed E-state index contributed by atoms with van der Waals surface area (Å²) in [6.45, 7) is 0.299. The summed E-state index contributed by atoms with van der Waals surface area (Å²) in [6.07, 6.45) is 2.17. The largest absolute Gasteiger partial charge is 0.485 e. The van der Waals surface area contributed by atoms with E-state index < -0.39 is 0 Å². The van der Waals surface area contributed by atoms with Crippen LogP contribution in [-0.2, 0) is 13.0 Å². The van der Waals surface area contributed by atoms with Gasteiger partial charge in [-0.05, 0) is 35.4 Å². The van der Waals surface area contributed by atoms with Crippen molar-refractivity contribution in [3.05, 3.63) is 89.9 Å². The van der Waals surface area contributed by atoms with Crippen LogP contribution >= 0.6 is 0 Å². The topological polar surface area (TPSA) is 60.5 Å². The van der Waals surface area contributed by atoms with E-state index in [9.17, 15) is 4.39 Å². The van der Waals surface area contributed by atoms with Gasteiger partial charge < -0.3 is 10.5 Å². The molecule has 0 fully saturated rings. The van der Waals surface area contributed by atoms with Gasteiger partial charge in [0.15, 0.2) is 11.6 Å². The maximum atomic E-state index is 13.0. The van der Waals surface area contributed by atoms with Gasteiger partial charge in [-0.15, -0.1) is 0 Å². The first-order valence-electron chi connectivity index (χ1n) is 7.90. The molecule has 1 aromatic heterocycles. The average Bonchev–Trinajstić information content (AvgIpc) is 2.63. The molecule has 0 aliphatic rings. The Kier molecular flexibility index (Phi) is 5.36. The van der Waals surface area contributed by atoms with Crippen molar-refractivity contribution in [1.82, 2.24) is 4.98 Å². The molecule has 0 radical (unpaired) electrons. The smallest absolute Gasteiger partial charge is 0.196 e. The Hall–Kier alpha value is -3.21. The molecule has 4 nitrogen and oxygen atoms in total. The molecule has 1 heterocycles. The second-order valence-corrected chi connectivity index (χ2v) is 5.51.